The van der Waals surface area contributed by atoms with Gasteiger partial charge in [-0.05, 0) is 30.2 Å². The normalized spacial score (nSPS) is 12.0. The van der Waals surface area contributed by atoms with E-state index in [4.69, 9.17) is 33.2 Å². The standard InChI is InChI=1S/C25H43NO8/c1-4-22(2)21-33-18-17-31-14-13-29-10-9-28-11-12-30-15-16-32-19-20-34-25-7-5-24(6-8-25)26-23(3)27/h5-8,22H,4,9-21H2,1-3H3,(H,26,27). The minimum atomic E-state index is -0.101. The summed E-state index contributed by atoms with van der Waals surface area (Å²) < 4.78 is 38.4. The van der Waals surface area contributed by atoms with Crippen LogP contribution in [0.25, 0.3) is 0 Å². The van der Waals surface area contributed by atoms with Crippen molar-refractivity contribution in [1.82, 2.24) is 0 Å². The summed E-state index contributed by atoms with van der Waals surface area (Å²) in [6.45, 7) is 13.0. The van der Waals surface area contributed by atoms with Crippen molar-refractivity contribution in [3.05, 3.63) is 24.3 Å². The van der Waals surface area contributed by atoms with E-state index in [0.717, 1.165) is 24.5 Å². The van der Waals surface area contributed by atoms with Gasteiger partial charge < -0.3 is 38.5 Å². The van der Waals surface area contributed by atoms with E-state index in [1.165, 1.54) is 6.92 Å². The molecule has 0 aliphatic rings. The molecule has 0 radical (unpaired) electrons. The minimum absolute atomic E-state index is 0.101. The van der Waals surface area contributed by atoms with E-state index in [0.29, 0.717) is 85.2 Å². The number of anilines is 1. The number of hydrogen-bond acceptors (Lipinski definition) is 8. The van der Waals surface area contributed by atoms with Crippen LogP contribution in [0, 0.1) is 5.92 Å². The lowest BCUT2D eigenvalue weighted by molar-refractivity contribution is -0.114. The van der Waals surface area contributed by atoms with Gasteiger partial charge in [-0.2, -0.15) is 0 Å². The first kappa shape index (κ1) is 30.3. The van der Waals surface area contributed by atoms with Crippen LogP contribution < -0.4 is 10.1 Å². The average Bonchev–Trinajstić information content (AvgIpc) is 2.83. The van der Waals surface area contributed by atoms with E-state index < -0.39 is 0 Å². The van der Waals surface area contributed by atoms with Gasteiger partial charge in [0.2, 0.25) is 5.91 Å². The van der Waals surface area contributed by atoms with Crippen LogP contribution in [0.2, 0.25) is 0 Å². The lowest BCUT2D eigenvalue weighted by atomic mass is 10.1. The summed E-state index contributed by atoms with van der Waals surface area (Å²) in [6.07, 6.45) is 1.13. The smallest absolute Gasteiger partial charge is 0.221 e. The van der Waals surface area contributed by atoms with Gasteiger partial charge >= 0.3 is 0 Å². The van der Waals surface area contributed by atoms with E-state index >= 15 is 0 Å². The highest BCUT2D eigenvalue weighted by molar-refractivity contribution is 5.88. The Morgan fingerprint density at radius 1 is 0.706 bits per heavy atom. The van der Waals surface area contributed by atoms with Crippen molar-refractivity contribution < 1.29 is 38.0 Å². The number of amides is 1. The lowest BCUT2D eigenvalue weighted by Crippen LogP contribution is -2.15. The summed E-state index contributed by atoms with van der Waals surface area (Å²) in [6, 6.07) is 7.20. The number of benzene rings is 1. The van der Waals surface area contributed by atoms with Crippen LogP contribution >= 0.6 is 0 Å². The van der Waals surface area contributed by atoms with E-state index in [1.807, 2.05) is 0 Å². The molecule has 1 N–H and O–H groups in total. The van der Waals surface area contributed by atoms with Crippen molar-refractivity contribution in [2.45, 2.75) is 27.2 Å². The van der Waals surface area contributed by atoms with Gasteiger partial charge in [0, 0.05) is 19.2 Å². The maximum Gasteiger partial charge on any atom is 0.221 e. The number of nitrogens with one attached hydrogen (secondary N) is 1. The molecule has 9 nitrogen and oxygen atoms in total. The van der Waals surface area contributed by atoms with Gasteiger partial charge in [0.05, 0.1) is 72.7 Å². The Labute approximate surface area is 204 Å². The number of ether oxygens (including phenoxy) is 7. The second kappa shape index (κ2) is 21.8. The van der Waals surface area contributed by atoms with Crippen molar-refractivity contribution in [2.24, 2.45) is 5.92 Å². The van der Waals surface area contributed by atoms with Crippen LogP contribution in [0.3, 0.4) is 0 Å². The summed E-state index contributed by atoms with van der Waals surface area (Å²) >= 11 is 0. The predicted octanol–water partition coefficient (Wildman–Crippen LogP) is 3.17. The molecule has 0 saturated heterocycles. The fourth-order valence-corrected chi connectivity index (χ4v) is 2.56. The van der Waals surface area contributed by atoms with Crippen LogP contribution in [0.15, 0.2) is 24.3 Å². The Morgan fingerprint density at radius 2 is 1.12 bits per heavy atom. The van der Waals surface area contributed by atoms with Crippen LogP contribution in [0.1, 0.15) is 27.2 Å². The molecule has 1 atom stereocenters. The third kappa shape index (κ3) is 18.7. The largest absolute Gasteiger partial charge is 0.491 e. The van der Waals surface area contributed by atoms with Gasteiger partial charge in [0.15, 0.2) is 0 Å². The Balaban J connectivity index is 1.75. The Bertz CT molecular complexity index is 599. The molecular weight excluding hydrogens is 442 g/mol. The fraction of sp³-hybridized carbons (Fsp3) is 0.720. The van der Waals surface area contributed by atoms with Gasteiger partial charge in [-0.1, -0.05) is 20.3 Å². The molecule has 0 aromatic heterocycles. The molecule has 1 aromatic rings. The topological polar surface area (TPSA) is 93.7 Å². The Morgan fingerprint density at radius 3 is 1.53 bits per heavy atom. The molecule has 1 rings (SSSR count). The van der Waals surface area contributed by atoms with Gasteiger partial charge in [-0.15, -0.1) is 0 Å². The molecule has 0 aliphatic heterocycles. The number of hydrogen-bond donors (Lipinski definition) is 1. The molecule has 1 amide bonds. The van der Waals surface area contributed by atoms with Crippen LogP contribution in [0.5, 0.6) is 5.75 Å². The molecular formula is C25H43NO8. The molecule has 0 fully saturated rings. The van der Waals surface area contributed by atoms with Crippen molar-refractivity contribution in [2.75, 3.05) is 91.2 Å². The van der Waals surface area contributed by atoms with E-state index in [9.17, 15) is 4.79 Å². The molecule has 196 valence electrons. The lowest BCUT2D eigenvalue weighted by Gasteiger charge is -2.10. The Kier molecular flexibility index (Phi) is 19.4. The van der Waals surface area contributed by atoms with Gasteiger partial charge in [-0.25, -0.2) is 0 Å². The summed E-state index contributed by atoms with van der Waals surface area (Å²) in [5, 5.41) is 2.71. The van der Waals surface area contributed by atoms with Crippen LogP contribution in [-0.4, -0.2) is 91.8 Å². The van der Waals surface area contributed by atoms with Crippen LogP contribution in [-0.2, 0) is 33.2 Å². The van der Waals surface area contributed by atoms with E-state index in [1.54, 1.807) is 24.3 Å². The molecule has 1 unspecified atom stereocenters. The van der Waals surface area contributed by atoms with Crippen molar-refractivity contribution in [3.8, 4) is 5.75 Å². The minimum Gasteiger partial charge on any atom is -0.491 e. The fourth-order valence-electron chi connectivity index (χ4n) is 2.56. The second-order valence-corrected chi connectivity index (χ2v) is 7.70. The first-order valence-corrected chi connectivity index (χ1v) is 12.1. The number of carbonyl (C=O) groups is 1. The Hall–Kier alpha value is -1.75. The summed E-state index contributed by atoms with van der Waals surface area (Å²) in [5.74, 6) is 1.22. The van der Waals surface area contributed by atoms with Crippen LogP contribution in [0.4, 0.5) is 5.69 Å². The summed E-state index contributed by atoms with van der Waals surface area (Å²) in [5.41, 5.74) is 0.740. The van der Waals surface area contributed by atoms with Crippen molar-refractivity contribution in [1.29, 1.82) is 0 Å². The first-order chi connectivity index (χ1) is 16.6. The molecule has 1 aromatic carbocycles. The highest BCUT2D eigenvalue weighted by Gasteiger charge is 1.99. The maximum atomic E-state index is 11.0. The summed E-state index contributed by atoms with van der Waals surface area (Å²) in [4.78, 5) is 11.0. The highest BCUT2D eigenvalue weighted by Crippen LogP contribution is 2.15. The van der Waals surface area contributed by atoms with E-state index in [2.05, 4.69) is 19.2 Å². The summed E-state index contributed by atoms with van der Waals surface area (Å²) in [7, 11) is 0. The van der Waals surface area contributed by atoms with Crippen molar-refractivity contribution in [3.63, 3.8) is 0 Å². The molecule has 34 heavy (non-hydrogen) atoms. The molecule has 0 aliphatic carbocycles. The van der Waals surface area contributed by atoms with Crippen molar-refractivity contribution >= 4 is 11.6 Å². The molecule has 0 spiro atoms. The third-order valence-electron chi connectivity index (χ3n) is 4.63. The number of rotatable bonds is 23. The maximum absolute atomic E-state index is 11.0. The zero-order chi connectivity index (χ0) is 24.7. The highest BCUT2D eigenvalue weighted by atomic mass is 16.6. The van der Waals surface area contributed by atoms with Gasteiger partial charge in [0.1, 0.15) is 12.4 Å². The molecule has 0 saturated carbocycles. The SMILES string of the molecule is CCC(C)COCCOCCOCCOCCOCCOCCOc1ccc(NC(C)=O)cc1. The zero-order valence-corrected chi connectivity index (χ0v) is 21.1. The van der Waals surface area contributed by atoms with Gasteiger partial charge in [0.25, 0.3) is 0 Å². The molecule has 0 heterocycles. The predicted molar refractivity (Wildman–Crippen MR) is 131 cm³/mol. The third-order valence-corrected chi connectivity index (χ3v) is 4.63. The number of carbonyl (C=O) groups excluding carboxylic acids is 1. The van der Waals surface area contributed by atoms with Gasteiger partial charge in [-0.3, -0.25) is 4.79 Å². The molecule has 0 bridgehead atoms. The zero-order valence-electron chi connectivity index (χ0n) is 21.1. The monoisotopic (exact) mass is 485 g/mol. The second-order valence-electron chi connectivity index (χ2n) is 7.70. The molecule has 9 heteroatoms. The van der Waals surface area contributed by atoms with E-state index in [-0.39, 0.29) is 5.91 Å². The quantitative estimate of drug-likeness (QED) is 0.236. The average molecular weight is 486 g/mol. The first-order valence-electron chi connectivity index (χ1n) is 12.1.